The van der Waals surface area contributed by atoms with Crippen molar-refractivity contribution in [1.29, 1.82) is 0 Å². The van der Waals surface area contributed by atoms with Crippen molar-refractivity contribution in [1.82, 2.24) is 10.2 Å². The number of nitrogens with zero attached hydrogens (tertiary/aromatic N) is 1. The highest BCUT2D eigenvalue weighted by molar-refractivity contribution is 9.10. The van der Waals surface area contributed by atoms with Crippen molar-refractivity contribution >= 4 is 32.5 Å². The molecule has 3 N–H and O–H groups in total. The van der Waals surface area contributed by atoms with Gasteiger partial charge in [-0.25, -0.2) is 0 Å². The molecule has 0 fully saturated rings. The zero-order valence-electron chi connectivity index (χ0n) is 6.56. The number of hydrogen-bond acceptors (Lipinski definition) is 2. The van der Waals surface area contributed by atoms with Crippen LogP contribution in [0.5, 0.6) is 0 Å². The van der Waals surface area contributed by atoms with E-state index in [2.05, 4.69) is 26.1 Å². The Bertz CT molecular complexity index is 433. The van der Waals surface area contributed by atoms with Gasteiger partial charge in [0, 0.05) is 21.2 Å². The molecule has 1 aromatic heterocycles. The fraction of sp³-hybridized carbons (Fsp3) is 0.125. The fourth-order valence-corrected chi connectivity index (χ4v) is 2.04. The molecule has 0 unspecified atom stereocenters. The predicted octanol–water partition coefficient (Wildman–Crippen LogP) is 2.22. The highest BCUT2D eigenvalue weighted by Gasteiger charge is 2.05. The SMILES string of the molecule is Cc1[nH]nc2cc(N)cc(Br)c12. The van der Waals surface area contributed by atoms with E-state index in [0.29, 0.717) is 0 Å². The Kier molecular flexibility index (Phi) is 1.58. The van der Waals surface area contributed by atoms with E-state index >= 15 is 0 Å². The van der Waals surface area contributed by atoms with Gasteiger partial charge < -0.3 is 5.73 Å². The molecule has 2 rings (SSSR count). The molecule has 0 amide bonds. The summed E-state index contributed by atoms with van der Waals surface area (Å²) in [5, 5.41) is 8.12. The average Bonchev–Trinajstić information content (AvgIpc) is 2.31. The van der Waals surface area contributed by atoms with Crippen LogP contribution in [0.3, 0.4) is 0 Å². The first-order valence-corrected chi connectivity index (χ1v) is 4.37. The van der Waals surface area contributed by atoms with Gasteiger partial charge in [-0.05, 0) is 35.0 Å². The number of rotatable bonds is 0. The van der Waals surface area contributed by atoms with Crippen LogP contribution in [0, 0.1) is 6.92 Å². The van der Waals surface area contributed by atoms with E-state index in [4.69, 9.17) is 5.73 Å². The lowest BCUT2D eigenvalue weighted by Crippen LogP contribution is -1.84. The summed E-state index contributed by atoms with van der Waals surface area (Å²) in [6.45, 7) is 1.98. The topological polar surface area (TPSA) is 54.7 Å². The van der Waals surface area contributed by atoms with Gasteiger partial charge in [0.1, 0.15) is 0 Å². The first-order chi connectivity index (χ1) is 5.68. The van der Waals surface area contributed by atoms with E-state index in [1.54, 1.807) is 0 Å². The molecule has 0 bridgehead atoms. The highest BCUT2D eigenvalue weighted by Crippen LogP contribution is 2.27. The number of nitrogens with two attached hydrogens (primary N) is 1. The summed E-state index contributed by atoms with van der Waals surface area (Å²) in [5.74, 6) is 0. The van der Waals surface area contributed by atoms with Crippen LogP contribution >= 0.6 is 15.9 Å². The normalized spacial score (nSPS) is 10.8. The smallest absolute Gasteiger partial charge is 0.0955 e. The van der Waals surface area contributed by atoms with E-state index in [1.807, 2.05) is 19.1 Å². The third-order valence-corrected chi connectivity index (χ3v) is 2.44. The van der Waals surface area contributed by atoms with Crippen LogP contribution in [0.2, 0.25) is 0 Å². The lowest BCUT2D eigenvalue weighted by Gasteiger charge is -1.96. The second kappa shape index (κ2) is 2.48. The number of halogens is 1. The van der Waals surface area contributed by atoms with Gasteiger partial charge in [-0.15, -0.1) is 0 Å². The number of benzene rings is 1. The average molecular weight is 226 g/mol. The maximum atomic E-state index is 5.65. The number of hydrogen-bond donors (Lipinski definition) is 2. The molecular weight excluding hydrogens is 218 g/mol. The molecule has 0 aliphatic heterocycles. The highest BCUT2D eigenvalue weighted by atomic mass is 79.9. The van der Waals surface area contributed by atoms with Gasteiger partial charge in [0.2, 0.25) is 0 Å². The van der Waals surface area contributed by atoms with E-state index in [0.717, 1.165) is 26.8 Å². The Morgan fingerprint density at radius 3 is 3.00 bits per heavy atom. The van der Waals surface area contributed by atoms with Crippen LogP contribution in [0.25, 0.3) is 10.9 Å². The first kappa shape index (κ1) is 7.61. The van der Waals surface area contributed by atoms with Gasteiger partial charge in [0.15, 0.2) is 0 Å². The Morgan fingerprint density at radius 1 is 1.50 bits per heavy atom. The lowest BCUT2D eigenvalue weighted by atomic mass is 10.2. The molecule has 1 aromatic carbocycles. The predicted molar refractivity (Wildman–Crippen MR) is 52.9 cm³/mol. The monoisotopic (exact) mass is 225 g/mol. The molecule has 0 spiro atoms. The summed E-state index contributed by atoms with van der Waals surface area (Å²) in [6, 6.07) is 3.73. The number of aryl methyl sites for hydroxylation is 1. The second-order valence-corrected chi connectivity index (χ2v) is 3.60. The zero-order valence-corrected chi connectivity index (χ0v) is 8.14. The zero-order chi connectivity index (χ0) is 8.72. The van der Waals surface area contributed by atoms with Crippen molar-refractivity contribution in [2.75, 3.05) is 5.73 Å². The van der Waals surface area contributed by atoms with Gasteiger partial charge in [-0.2, -0.15) is 5.10 Å². The van der Waals surface area contributed by atoms with Crippen molar-refractivity contribution < 1.29 is 0 Å². The Hall–Kier alpha value is -1.03. The van der Waals surface area contributed by atoms with Crippen molar-refractivity contribution in [2.45, 2.75) is 6.92 Å². The van der Waals surface area contributed by atoms with Crippen LogP contribution in [0.1, 0.15) is 5.69 Å². The van der Waals surface area contributed by atoms with Crippen molar-refractivity contribution in [2.24, 2.45) is 0 Å². The molecule has 12 heavy (non-hydrogen) atoms. The number of aromatic nitrogens is 2. The number of anilines is 1. The number of nitrogen functional groups attached to an aromatic ring is 1. The van der Waals surface area contributed by atoms with Gasteiger partial charge in [0.05, 0.1) is 5.52 Å². The molecule has 0 saturated carbocycles. The Labute approximate surface area is 78.1 Å². The molecule has 0 aliphatic rings. The van der Waals surface area contributed by atoms with Gasteiger partial charge in [-0.1, -0.05) is 0 Å². The molecule has 3 nitrogen and oxygen atoms in total. The minimum Gasteiger partial charge on any atom is -0.399 e. The standard InChI is InChI=1S/C8H8BrN3/c1-4-8-6(9)2-5(10)3-7(8)12-11-4/h2-3H,10H2,1H3,(H,11,12). The molecule has 2 aromatic rings. The van der Waals surface area contributed by atoms with Crippen LogP contribution in [-0.2, 0) is 0 Å². The van der Waals surface area contributed by atoms with Crippen LogP contribution in [0.4, 0.5) is 5.69 Å². The molecular formula is C8H8BrN3. The van der Waals surface area contributed by atoms with Crippen LogP contribution in [0.15, 0.2) is 16.6 Å². The molecule has 62 valence electrons. The number of nitrogens with one attached hydrogen (secondary N) is 1. The fourth-order valence-electron chi connectivity index (χ4n) is 1.27. The first-order valence-electron chi connectivity index (χ1n) is 3.58. The summed E-state index contributed by atoms with van der Waals surface area (Å²) in [5.41, 5.74) is 8.33. The molecule has 0 radical (unpaired) electrons. The van der Waals surface area contributed by atoms with E-state index in [1.165, 1.54) is 0 Å². The maximum absolute atomic E-state index is 5.65. The third-order valence-electron chi connectivity index (χ3n) is 1.81. The molecule has 0 aliphatic carbocycles. The second-order valence-electron chi connectivity index (χ2n) is 2.75. The van der Waals surface area contributed by atoms with Crippen molar-refractivity contribution in [3.8, 4) is 0 Å². The van der Waals surface area contributed by atoms with E-state index < -0.39 is 0 Å². The molecule has 0 atom stereocenters. The number of aromatic amines is 1. The van der Waals surface area contributed by atoms with Crippen molar-refractivity contribution in [3.63, 3.8) is 0 Å². The summed E-state index contributed by atoms with van der Waals surface area (Å²) in [6.07, 6.45) is 0. The van der Waals surface area contributed by atoms with Gasteiger partial charge >= 0.3 is 0 Å². The molecule has 0 saturated heterocycles. The largest absolute Gasteiger partial charge is 0.399 e. The third kappa shape index (κ3) is 0.992. The Morgan fingerprint density at radius 2 is 2.25 bits per heavy atom. The summed E-state index contributed by atoms with van der Waals surface area (Å²) in [7, 11) is 0. The molecule has 1 heterocycles. The molecule has 4 heteroatoms. The lowest BCUT2D eigenvalue weighted by molar-refractivity contribution is 1.07. The minimum atomic E-state index is 0.723. The summed E-state index contributed by atoms with van der Waals surface area (Å²) < 4.78 is 0.990. The van der Waals surface area contributed by atoms with E-state index in [9.17, 15) is 0 Å². The maximum Gasteiger partial charge on any atom is 0.0955 e. The summed E-state index contributed by atoms with van der Waals surface area (Å²) >= 11 is 3.44. The summed E-state index contributed by atoms with van der Waals surface area (Å²) in [4.78, 5) is 0. The van der Waals surface area contributed by atoms with E-state index in [-0.39, 0.29) is 0 Å². The van der Waals surface area contributed by atoms with Crippen LogP contribution in [-0.4, -0.2) is 10.2 Å². The Balaban J connectivity index is 2.93. The van der Waals surface area contributed by atoms with Crippen LogP contribution < -0.4 is 5.73 Å². The van der Waals surface area contributed by atoms with Crippen molar-refractivity contribution in [3.05, 3.63) is 22.3 Å². The minimum absolute atomic E-state index is 0.723. The number of fused-ring (bicyclic) bond motifs is 1. The van der Waals surface area contributed by atoms with Gasteiger partial charge in [0.25, 0.3) is 0 Å². The quantitative estimate of drug-likeness (QED) is 0.676. The number of H-pyrrole nitrogens is 1. The van der Waals surface area contributed by atoms with Gasteiger partial charge in [-0.3, -0.25) is 5.10 Å².